The fraction of sp³-hybridized carbons (Fsp3) is 0.500. The van der Waals surface area contributed by atoms with E-state index in [0.29, 0.717) is 30.5 Å². The number of nitriles is 1. The van der Waals surface area contributed by atoms with Gasteiger partial charge in [0.15, 0.2) is 0 Å². The van der Waals surface area contributed by atoms with Gasteiger partial charge >= 0.3 is 0 Å². The summed E-state index contributed by atoms with van der Waals surface area (Å²) in [6.07, 6.45) is 4.35. The van der Waals surface area contributed by atoms with Crippen LogP contribution in [0.4, 0.5) is 0 Å². The van der Waals surface area contributed by atoms with Gasteiger partial charge in [0.2, 0.25) is 11.8 Å². The van der Waals surface area contributed by atoms with E-state index in [1.54, 1.807) is 12.1 Å². The fourth-order valence-electron chi connectivity index (χ4n) is 3.13. The van der Waals surface area contributed by atoms with E-state index in [0.717, 1.165) is 50.3 Å². The molecule has 0 amide bonds. The van der Waals surface area contributed by atoms with Crippen molar-refractivity contribution in [3.8, 4) is 17.5 Å². The topological polar surface area (TPSA) is 86.2 Å². The summed E-state index contributed by atoms with van der Waals surface area (Å²) in [5, 5.41) is 26.0. The Bertz CT molecular complexity index is 682. The van der Waals surface area contributed by atoms with Crippen molar-refractivity contribution in [1.29, 1.82) is 5.26 Å². The van der Waals surface area contributed by atoms with E-state index in [1.165, 1.54) is 0 Å². The quantitative estimate of drug-likeness (QED) is 0.878. The third kappa shape index (κ3) is 4.19. The Labute approximate surface area is 141 Å². The molecule has 6 nitrogen and oxygen atoms in total. The maximum atomic E-state index is 8.92. The normalized spacial score (nSPS) is 16.2. The predicted molar refractivity (Wildman–Crippen MR) is 88.8 cm³/mol. The Balaban J connectivity index is 1.54. The molecule has 1 saturated heterocycles. The second-order valence-electron chi connectivity index (χ2n) is 6.28. The SMILES string of the molecule is N#Cc1ccc(-c2nnc(CN3CCC(CCCO)CC3)o2)cc1. The molecule has 0 atom stereocenters. The minimum atomic E-state index is 0.292. The van der Waals surface area contributed by atoms with Crippen molar-refractivity contribution in [2.45, 2.75) is 32.2 Å². The first-order chi connectivity index (χ1) is 11.8. The number of likely N-dealkylation sites (tertiary alicyclic amines) is 1. The summed E-state index contributed by atoms with van der Waals surface area (Å²) in [4.78, 5) is 2.34. The van der Waals surface area contributed by atoms with E-state index >= 15 is 0 Å². The maximum Gasteiger partial charge on any atom is 0.247 e. The smallest absolute Gasteiger partial charge is 0.247 e. The summed E-state index contributed by atoms with van der Waals surface area (Å²) in [7, 11) is 0. The molecule has 0 bridgehead atoms. The van der Waals surface area contributed by atoms with E-state index < -0.39 is 0 Å². The van der Waals surface area contributed by atoms with Crippen molar-refractivity contribution in [2.75, 3.05) is 19.7 Å². The molecule has 0 radical (unpaired) electrons. The highest BCUT2D eigenvalue weighted by Crippen LogP contribution is 2.24. The first kappa shape index (κ1) is 16.6. The van der Waals surface area contributed by atoms with Gasteiger partial charge in [-0.3, -0.25) is 4.90 Å². The second kappa shape index (κ2) is 8.04. The van der Waals surface area contributed by atoms with Gasteiger partial charge in [-0.25, -0.2) is 0 Å². The lowest BCUT2D eigenvalue weighted by atomic mass is 9.92. The van der Waals surface area contributed by atoms with Gasteiger partial charge in [0.25, 0.3) is 0 Å². The molecule has 0 unspecified atom stereocenters. The lowest BCUT2D eigenvalue weighted by Crippen LogP contribution is -2.33. The third-order valence-electron chi connectivity index (χ3n) is 4.56. The molecule has 1 aliphatic heterocycles. The summed E-state index contributed by atoms with van der Waals surface area (Å²) in [5.74, 6) is 1.85. The summed E-state index contributed by atoms with van der Waals surface area (Å²) < 4.78 is 5.76. The zero-order chi connectivity index (χ0) is 16.8. The van der Waals surface area contributed by atoms with Crippen LogP contribution in [-0.4, -0.2) is 39.9 Å². The van der Waals surface area contributed by atoms with Crippen molar-refractivity contribution in [3.63, 3.8) is 0 Å². The van der Waals surface area contributed by atoms with E-state index in [1.807, 2.05) is 12.1 Å². The van der Waals surface area contributed by atoms with Gasteiger partial charge in [0.05, 0.1) is 18.2 Å². The van der Waals surface area contributed by atoms with Gasteiger partial charge in [0, 0.05) is 12.2 Å². The molecule has 6 heteroatoms. The molecule has 2 heterocycles. The predicted octanol–water partition coefficient (Wildman–Crippen LogP) is 2.59. The monoisotopic (exact) mass is 326 g/mol. The Kier molecular flexibility index (Phi) is 5.57. The van der Waals surface area contributed by atoms with Gasteiger partial charge in [-0.2, -0.15) is 5.26 Å². The molecule has 3 rings (SSSR count). The second-order valence-corrected chi connectivity index (χ2v) is 6.28. The molecule has 1 fully saturated rings. The fourth-order valence-corrected chi connectivity index (χ4v) is 3.13. The molecule has 24 heavy (non-hydrogen) atoms. The Hall–Kier alpha value is -2.23. The summed E-state index contributed by atoms with van der Waals surface area (Å²) in [5.41, 5.74) is 1.44. The Morgan fingerprint density at radius 2 is 1.96 bits per heavy atom. The molecular weight excluding hydrogens is 304 g/mol. The number of nitrogens with zero attached hydrogens (tertiary/aromatic N) is 4. The number of benzene rings is 1. The summed E-state index contributed by atoms with van der Waals surface area (Å²) in [6.45, 7) is 3.03. The average Bonchev–Trinajstić information content (AvgIpc) is 3.10. The maximum absolute atomic E-state index is 8.92. The van der Waals surface area contributed by atoms with E-state index in [4.69, 9.17) is 14.8 Å². The van der Waals surface area contributed by atoms with Crippen LogP contribution in [0.25, 0.3) is 11.5 Å². The van der Waals surface area contributed by atoms with Crippen LogP contribution >= 0.6 is 0 Å². The highest BCUT2D eigenvalue weighted by molar-refractivity contribution is 5.54. The molecule has 2 aromatic rings. The number of rotatable bonds is 6. The number of hydrogen-bond donors (Lipinski definition) is 1. The zero-order valence-electron chi connectivity index (χ0n) is 13.7. The lowest BCUT2D eigenvalue weighted by molar-refractivity contribution is 0.153. The molecule has 0 saturated carbocycles. The van der Waals surface area contributed by atoms with Crippen molar-refractivity contribution >= 4 is 0 Å². The molecule has 0 spiro atoms. The molecule has 0 aliphatic carbocycles. The number of aliphatic hydroxyl groups is 1. The highest BCUT2D eigenvalue weighted by Gasteiger charge is 2.20. The number of aliphatic hydroxyl groups excluding tert-OH is 1. The van der Waals surface area contributed by atoms with Crippen molar-refractivity contribution in [1.82, 2.24) is 15.1 Å². The van der Waals surface area contributed by atoms with Gasteiger partial charge in [-0.1, -0.05) is 0 Å². The van der Waals surface area contributed by atoms with Crippen LogP contribution in [0.1, 0.15) is 37.1 Å². The van der Waals surface area contributed by atoms with E-state index in [2.05, 4.69) is 21.2 Å². The van der Waals surface area contributed by atoms with Crippen molar-refractivity contribution < 1.29 is 9.52 Å². The van der Waals surface area contributed by atoms with Crippen LogP contribution in [-0.2, 0) is 6.54 Å². The number of aromatic nitrogens is 2. The first-order valence-electron chi connectivity index (χ1n) is 8.44. The molecule has 1 aromatic carbocycles. The van der Waals surface area contributed by atoms with Crippen LogP contribution in [0.15, 0.2) is 28.7 Å². The molecule has 1 aliphatic rings. The number of piperidine rings is 1. The molecular formula is C18H22N4O2. The molecule has 1 aromatic heterocycles. The molecule has 126 valence electrons. The minimum absolute atomic E-state index is 0.292. The summed E-state index contributed by atoms with van der Waals surface area (Å²) in [6, 6.07) is 9.23. The van der Waals surface area contributed by atoms with Crippen LogP contribution in [0.5, 0.6) is 0 Å². The highest BCUT2D eigenvalue weighted by atomic mass is 16.4. The summed E-state index contributed by atoms with van der Waals surface area (Å²) >= 11 is 0. The average molecular weight is 326 g/mol. The van der Waals surface area contributed by atoms with Crippen LogP contribution in [0, 0.1) is 17.2 Å². The van der Waals surface area contributed by atoms with E-state index in [9.17, 15) is 0 Å². The Morgan fingerprint density at radius 1 is 1.21 bits per heavy atom. The van der Waals surface area contributed by atoms with Crippen molar-refractivity contribution in [3.05, 3.63) is 35.7 Å². The zero-order valence-corrected chi connectivity index (χ0v) is 13.7. The Morgan fingerprint density at radius 3 is 2.62 bits per heavy atom. The van der Waals surface area contributed by atoms with Crippen LogP contribution in [0.3, 0.4) is 0 Å². The lowest BCUT2D eigenvalue weighted by Gasteiger charge is -2.30. The van der Waals surface area contributed by atoms with Crippen LogP contribution in [0.2, 0.25) is 0 Å². The van der Waals surface area contributed by atoms with Crippen LogP contribution < -0.4 is 0 Å². The number of hydrogen-bond acceptors (Lipinski definition) is 6. The first-order valence-corrected chi connectivity index (χ1v) is 8.44. The third-order valence-corrected chi connectivity index (χ3v) is 4.56. The van der Waals surface area contributed by atoms with Crippen molar-refractivity contribution in [2.24, 2.45) is 5.92 Å². The van der Waals surface area contributed by atoms with Gasteiger partial charge in [-0.15, -0.1) is 10.2 Å². The largest absolute Gasteiger partial charge is 0.419 e. The molecule has 1 N–H and O–H groups in total. The standard InChI is InChI=1S/C18H22N4O2/c19-12-15-3-5-16(6-4-15)18-21-20-17(24-18)13-22-9-7-14(8-10-22)2-1-11-23/h3-6,14,23H,1-2,7-11,13H2. The van der Waals surface area contributed by atoms with Gasteiger partial charge < -0.3 is 9.52 Å². The minimum Gasteiger partial charge on any atom is -0.419 e. The van der Waals surface area contributed by atoms with Gasteiger partial charge in [0.1, 0.15) is 0 Å². The van der Waals surface area contributed by atoms with E-state index in [-0.39, 0.29) is 0 Å². The van der Waals surface area contributed by atoms with Gasteiger partial charge in [-0.05, 0) is 69.0 Å².